The fourth-order valence-corrected chi connectivity index (χ4v) is 3.43. The van der Waals surface area contributed by atoms with Crippen LogP contribution in [0.25, 0.3) is 0 Å². The zero-order chi connectivity index (χ0) is 14.8. The maximum absolute atomic E-state index is 6.27. The third kappa shape index (κ3) is 7.01. The zero-order valence-corrected chi connectivity index (χ0v) is 13.9. The van der Waals surface area contributed by atoms with Gasteiger partial charge in [-0.25, -0.2) is 0 Å². The van der Waals surface area contributed by atoms with Gasteiger partial charge in [0, 0.05) is 12.2 Å². The number of hydrogen-bond donors (Lipinski definition) is 0. The van der Waals surface area contributed by atoms with Gasteiger partial charge in [0.15, 0.2) is 0 Å². The summed E-state index contributed by atoms with van der Waals surface area (Å²) in [5, 5.41) is 0. The van der Waals surface area contributed by atoms with Gasteiger partial charge in [0.25, 0.3) is 0 Å². The lowest BCUT2D eigenvalue weighted by molar-refractivity contribution is 0.0719. The average molecular weight is 292 g/mol. The Morgan fingerprint density at radius 2 is 1.38 bits per heavy atom. The number of hydrogen-bond acceptors (Lipinski definition) is 2. The van der Waals surface area contributed by atoms with Crippen LogP contribution in [-0.2, 0) is 9.31 Å². The van der Waals surface area contributed by atoms with Crippen molar-refractivity contribution in [2.75, 3.05) is 0 Å². The van der Waals surface area contributed by atoms with E-state index >= 15 is 0 Å². The molecule has 3 heteroatoms. The van der Waals surface area contributed by atoms with Crippen molar-refractivity contribution in [1.29, 1.82) is 0 Å². The number of allylic oxidation sites excluding steroid dienone is 1. The summed E-state index contributed by atoms with van der Waals surface area (Å²) < 4.78 is 12.5. The van der Waals surface area contributed by atoms with E-state index < -0.39 is 0 Å². The van der Waals surface area contributed by atoms with Crippen LogP contribution in [0.1, 0.15) is 90.4 Å². The number of unbranched alkanes of at least 4 members (excludes halogenated alkanes) is 2. The molecule has 0 amide bonds. The maximum Gasteiger partial charge on any atom is 0.486 e. The Morgan fingerprint density at radius 1 is 0.857 bits per heavy atom. The van der Waals surface area contributed by atoms with Crippen LogP contribution in [0.15, 0.2) is 12.1 Å². The first-order chi connectivity index (χ1) is 10.4. The van der Waals surface area contributed by atoms with Crippen LogP contribution in [0.2, 0.25) is 0 Å². The minimum absolute atomic E-state index is 0.104. The maximum atomic E-state index is 6.27. The van der Waals surface area contributed by atoms with Gasteiger partial charge in [0.05, 0.1) is 0 Å². The molecule has 2 aliphatic rings. The topological polar surface area (TPSA) is 18.5 Å². The summed E-state index contributed by atoms with van der Waals surface area (Å²) in [6.45, 7) is 2.24. The van der Waals surface area contributed by atoms with Gasteiger partial charge in [-0.15, -0.1) is 0 Å². The van der Waals surface area contributed by atoms with Gasteiger partial charge in [-0.05, 0) is 32.1 Å². The molecule has 0 radical (unpaired) electrons. The lowest BCUT2D eigenvalue weighted by Gasteiger charge is -2.29. The third-order valence-corrected chi connectivity index (χ3v) is 4.78. The first kappa shape index (κ1) is 17.1. The van der Waals surface area contributed by atoms with E-state index in [9.17, 15) is 0 Å². The molecule has 0 spiro atoms. The van der Waals surface area contributed by atoms with E-state index in [4.69, 9.17) is 9.31 Å². The van der Waals surface area contributed by atoms with Gasteiger partial charge in [-0.1, -0.05) is 70.3 Å². The predicted molar refractivity (Wildman–Crippen MR) is 90.3 cm³/mol. The second-order valence-corrected chi connectivity index (χ2v) is 6.73. The average Bonchev–Trinajstić information content (AvgIpc) is 2.53. The van der Waals surface area contributed by atoms with Crippen molar-refractivity contribution in [3.05, 3.63) is 12.1 Å². The van der Waals surface area contributed by atoms with E-state index in [1.54, 1.807) is 0 Å². The standard InChI is InChI=1S/C18H33BO2/c1-2-3-4-11-16-19(20-17-12-7-5-8-13-17)21-18-14-9-6-10-15-18/h11,16-18H,2-10,12-15H2,1H3/b16-11-. The Kier molecular flexibility index (Phi) is 8.50. The highest BCUT2D eigenvalue weighted by Gasteiger charge is 2.26. The largest absolute Gasteiger partial charge is 0.486 e. The minimum Gasteiger partial charge on any atom is -0.405 e. The van der Waals surface area contributed by atoms with E-state index in [0.717, 1.165) is 6.42 Å². The Hall–Kier alpha value is -0.275. The Labute approximate surface area is 131 Å². The van der Waals surface area contributed by atoms with Crippen LogP contribution < -0.4 is 0 Å². The fourth-order valence-electron chi connectivity index (χ4n) is 3.43. The first-order valence-corrected chi connectivity index (χ1v) is 9.36. The summed E-state index contributed by atoms with van der Waals surface area (Å²) in [6, 6.07) is 0. The molecular formula is C18H33BO2. The Bertz CT molecular complexity index is 261. The van der Waals surface area contributed by atoms with Crippen molar-refractivity contribution in [2.24, 2.45) is 0 Å². The normalized spacial score (nSPS) is 22.0. The van der Waals surface area contributed by atoms with Crippen molar-refractivity contribution in [1.82, 2.24) is 0 Å². The van der Waals surface area contributed by atoms with Crippen molar-refractivity contribution >= 4 is 7.12 Å². The molecule has 120 valence electrons. The van der Waals surface area contributed by atoms with E-state index in [0.29, 0.717) is 12.2 Å². The first-order valence-electron chi connectivity index (χ1n) is 9.36. The number of rotatable bonds is 8. The summed E-state index contributed by atoms with van der Waals surface area (Å²) in [6.07, 6.45) is 19.7. The van der Waals surface area contributed by atoms with Crippen molar-refractivity contribution < 1.29 is 9.31 Å². The molecular weight excluding hydrogens is 259 g/mol. The fraction of sp³-hybridized carbons (Fsp3) is 0.889. The summed E-state index contributed by atoms with van der Waals surface area (Å²) in [4.78, 5) is 0. The molecule has 2 aliphatic carbocycles. The molecule has 0 N–H and O–H groups in total. The van der Waals surface area contributed by atoms with E-state index in [1.807, 2.05) is 0 Å². The van der Waals surface area contributed by atoms with Gasteiger partial charge in [-0.3, -0.25) is 0 Å². The van der Waals surface area contributed by atoms with Crippen LogP contribution in [0.3, 0.4) is 0 Å². The molecule has 0 heterocycles. The van der Waals surface area contributed by atoms with E-state index in [-0.39, 0.29) is 7.12 Å². The molecule has 0 saturated heterocycles. The molecule has 0 aromatic heterocycles. The zero-order valence-electron chi connectivity index (χ0n) is 13.9. The van der Waals surface area contributed by atoms with Crippen LogP contribution in [0.4, 0.5) is 0 Å². The van der Waals surface area contributed by atoms with Crippen molar-refractivity contribution in [3.63, 3.8) is 0 Å². The highest BCUT2D eigenvalue weighted by molar-refractivity contribution is 6.50. The van der Waals surface area contributed by atoms with Gasteiger partial charge in [0.2, 0.25) is 0 Å². The summed E-state index contributed by atoms with van der Waals surface area (Å²) in [5.41, 5.74) is 0. The molecule has 0 aromatic carbocycles. The molecule has 0 bridgehead atoms. The molecule has 0 unspecified atom stereocenters. The second kappa shape index (κ2) is 10.5. The predicted octanol–water partition coefficient (Wildman–Crippen LogP) is 5.46. The third-order valence-electron chi connectivity index (χ3n) is 4.78. The molecule has 0 aliphatic heterocycles. The Morgan fingerprint density at radius 3 is 1.86 bits per heavy atom. The van der Waals surface area contributed by atoms with Crippen LogP contribution >= 0.6 is 0 Å². The smallest absolute Gasteiger partial charge is 0.405 e. The van der Waals surface area contributed by atoms with Crippen LogP contribution in [0.5, 0.6) is 0 Å². The molecule has 0 aromatic rings. The van der Waals surface area contributed by atoms with Crippen molar-refractivity contribution in [3.8, 4) is 0 Å². The quantitative estimate of drug-likeness (QED) is 0.437. The highest BCUT2D eigenvalue weighted by atomic mass is 16.6. The highest BCUT2D eigenvalue weighted by Crippen LogP contribution is 2.24. The minimum atomic E-state index is -0.104. The van der Waals surface area contributed by atoms with Crippen LogP contribution in [-0.4, -0.2) is 19.3 Å². The molecule has 21 heavy (non-hydrogen) atoms. The second-order valence-electron chi connectivity index (χ2n) is 6.73. The van der Waals surface area contributed by atoms with Gasteiger partial charge >= 0.3 is 7.12 Å². The SMILES string of the molecule is CCCC/C=C\B(OC1CCCCC1)OC1CCCCC1. The molecule has 2 rings (SSSR count). The Balaban J connectivity index is 1.80. The molecule has 2 nitrogen and oxygen atoms in total. The summed E-state index contributed by atoms with van der Waals surface area (Å²) >= 11 is 0. The summed E-state index contributed by atoms with van der Waals surface area (Å²) in [7, 11) is -0.104. The van der Waals surface area contributed by atoms with Gasteiger partial charge in [-0.2, -0.15) is 0 Å². The van der Waals surface area contributed by atoms with Gasteiger partial charge in [0.1, 0.15) is 0 Å². The molecule has 2 fully saturated rings. The van der Waals surface area contributed by atoms with Crippen molar-refractivity contribution in [2.45, 2.75) is 103 Å². The lowest BCUT2D eigenvalue weighted by atomic mass is 9.85. The monoisotopic (exact) mass is 292 g/mol. The molecule has 2 saturated carbocycles. The lowest BCUT2D eigenvalue weighted by Crippen LogP contribution is -2.33. The van der Waals surface area contributed by atoms with Crippen LogP contribution in [0, 0.1) is 0 Å². The summed E-state index contributed by atoms with van der Waals surface area (Å²) in [5.74, 6) is 2.18. The molecule has 0 atom stereocenters. The van der Waals surface area contributed by atoms with E-state index in [2.05, 4.69) is 19.0 Å². The van der Waals surface area contributed by atoms with E-state index in [1.165, 1.54) is 77.0 Å². The van der Waals surface area contributed by atoms with Gasteiger partial charge < -0.3 is 9.31 Å².